The Morgan fingerprint density at radius 2 is 1.63 bits per heavy atom. The molecule has 2 aromatic carbocycles. The van der Waals surface area contributed by atoms with Crippen LogP contribution < -0.4 is 0 Å². The summed E-state index contributed by atoms with van der Waals surface area (Å²) in [6, 6.07) is 14.5. The van der Waals surface area contributed by atoms with Crippen LogP contribution in [0.3, 0.4) is 0 Å². The Bertz CT molecular complexity index is 850. The molecule has 2 saturated heterocycles. The van der Waals surface area contributed by atoms with Gasteiger partial charge in [0, 0.05) is 26.2 Å². The minimum Gasteiger partial charge on any atom is -0.297 e. The second-order valence-electron chi connectivity index (χ2n) is 7.22. The van der Waals surface area contributed by atoms with Gasteiger partial charge < -0.3 is 0 Å². The molecule has 0 aliphatic carbocycles. The number of halogens is 2. The van der Waals surface area contributed by atoms with Crippen LogP contribution in [0.4, 0.5) is 4.39 Å². The molecule has 6 heteroatoms. The number of nitrogens with zero attached hydrogens (tertiary/aromatic N) is 2. The van der Waals surface area contributed by atoms with Gasteiger partial charge in [-0.25, -0.2) is 4.39 Å². The van der Waals surface area contributed by atoms with Crippen molar-refractivity contribution < 1.29 is 14.0 Å². The summed E-state index contributed by atoms with van der Waals surface area (Å²) >= 11 is 5.84. The number of amides is 2. The van der Waals surface area contributed by atoms with Crippen molar-refractivity contribution in [1.82, 2.24) is 9.80 Å². The van der Waals surface area contributed by atoms with Crippen LogP contribution in [0.25, 0.3) is 0 Å². The summed E-state index contributed by atoms with van der Waals surface area (Å²) in [6.07, 6.45) is 0.676. The number of benzene rings is 2. The number of hydrogen-bond donors (Lipinski definition) is 0. The zero-order chi connectivity index (χ0) is 19.0. The van der Waals surface area contributed by atoms with E-state index in [0.717, 1.165) is 11.1 Å². The predicted octanol–water partition coefficient (Wildman–Crippen LogP) is 3.14. The van der Waals surface area contributed by atoms with E-state index < -0.39 is 5.82 Å². The molecular weight excluding hydrogens is 367 g/mol. The molecule has 2 fully saturated rings. The van der Waals surface area contributed by atoms with Gasteiger partial charge >= 0.3 is 0 Å². The lowest BCUT2D eigenvalue weighted by molar-refractivity contribution is -0.140. The third kappa shape index (κ3) is 3.62. The van der Waals surface area contributed by atoms with Crippen molar-refractivity contribution >= 4 is 23.4 Å². The van der Waals surface area contributed by atoms with Crippen molar-refractivity contribution in [3.63, 3.8) is 0 Å². The topological polar surface area (TPSA) is 40.6 Å². The molecule has 4 nitrogen and oxygen atoms in total. The van der Waals surface area contributed by atoms with Crippen LogP contribution >= 0.6 is 11.6 Å². The molecule has 27 heavy (non-hydrogen) atoms. The molecule has 2 atom stereocenters. The van der Waals surface area contributed by atoms with E-state index in [-0.39, 0.29) is 28.7 Å². The van der Waals surface area contributed by atoms with E-state index in [0.29, 0.717) is 32.6 Å². The number of carbonyl (C=O) groups excluding carboxylic acids is 2. The van der Waals surface area contributed by atoms with E-state index in [9.17, 15) is 14.0 Å². The summed E-state index contributed by atoms with van der Waals surface area (Å²) < 4.78 is 13.3. The van der Waals surface area contributed by atoms with Gasteiger partial charge in [-0.05, 0) is 29.7 Å². The standard InChI is InChI=1S/C21H20ClFN2O2/c22-18-10-15(6-7-19(18)23)11-24-12-16-17(13-24)21(27)25(20(16)26)9-8-14-4-2-1-3-5-14/h1-7,10,16-17H,8-9,11-13H2/t16-,17+. The van der Waals surface area contributed by atoms with Gasteiger partial charge in [0.1, 0.15) is 5.82 Å². The summed E-state index contributed by atoms with van der Waals surface area (Å²) in [5, 5.41) is 0.0890. The molecule has 140 valence electrons. The second kappa shape index (κ2) is 7.41. The molecule has 2 heterocycles. The second-order valence-corrected chi connectivity index (χ2v) is 7.63. The zero-order valence-electron chi connectivity index (χ0n) is 14.8. The van der Waals surface area contributed by atoms with E-state index in [2.05, 4.69) is 4.90 Å². The van der Waals surface area contributed by atoms with E-state index in [1.165, 1.54) is 11.0 Å². The number of likely N-dealkylation sites (tertiary alicyclic amines) is 2. The van der Waals surface area contributed by atoms with Gasteiger partial charge in [0.25, 0.3) is 0 Å². The summed E-state index contributed by atoms with van der Waals surface area (Å²) in [4.78, 5) is 28.9. The van der Waals surface area contributed by atoms with Crippen LogP contribution in [0.2, 0.25) is 5.02 Å². The molecule has 0 bridgehead atoms. The van der Waals surface area contributed by atoms with Gasteiger partial charge in [-0.1, -0.05) is 48.0 Å². The van der Waals surface area contributed by atoms with Crippen molar-refractivity contribution in [2.75, 3.05) is 19.6 Å². The molecule has 4 rings (SSSR count). The van der Waals surface area contributed by atoms with Crippen LogP contribution in [-0.2, 0) is 22.6 Å². The SMILES string of the molecule is O=C1[C@H]2CN(Cc3ccc(F)c(Cl)c3)C[C@H]2C(=O)N1CCc1ccccc1. The number of hydrogen-bond acceptors (Lipinski definition) is 3. The van der Waals surface area contributed by atoms with Crippen molar-refractivity contribution in [3.05, 3.63) is 70.5 Å². The number of imide groups is 1. The quantitative estimate of drug-likeness (QED) is 0.741. The first-order chi connectivity index (χ1) is 13.0. The van der Waals surface area contributed by atoms with Gasteiger partial charge in [-0.2, -0.15) is 0 Å². The van der Waals surface area contributed by atoms with Gasteiger partial charge in [-0.3, -0.25) is 19.4 Å². The maximum absolute atomic E-state index is 13.3. The Kier molecular flexibility index (Phi) is 4.98. The Balaban J connectivity index is 1.38. The maximum atomic E-state index is 13.3. The highest BCUT2D eigenvalue weighted by Crippen LogP contribution is 2.34. The molecular formula is C21H20ClFN2O2. The lowest BCUT2D eigenvalue weighted by Gasteiger charge is -2.20. The van der Waals surface area contributed by atoms with Crippen molar-refractivity contribution in [2.45, 2.75) is 13.0 Å². The van der Waals surface area contributed by atoms with Crippen LogP contribution in [0.1, 0.15) is 11.1 Å². The average molecular weight is 387 g/mol. The van der Waals surface area contributed by atoms with E-state index in [4.69, 9.17) is 11.6 Å². The number of carbonyl (C=O) groups is 2. The van der Waals surface area contributed by atoms with Crippen molar-refractivity contribution in [2.24, 2.45) is 11.8 Å². The Labute approximate surface area is 162 Å². The molecule has 0 spiro atoms. The summed E-state index contributed by atoms with van der Waals surface area (Å²) in [5.41, 5.74) is 1.99. The molecule has 2 amide bonds. The highest BCUT2D eigenvalue weighted by Gasteiger charge is 2.51. The average Bonchev–Trinajstić information content (AvgIpc) is 3.17. The summed E-state index contributed by atoms with van der Waals surface area (Å²) in [6.45, 7) is 2.08. The van der Waals surface area contributed by atoms with E-state index >= 15 is 0 Å². The molecule has 2 aliphatic rings. The first-order valence-corrected chi connectivity index (χ1v) is 9.46. The highest BCUT2D eigenvalue weighted by molar-refractivity contribution is 6.30. The van der Waals surface area contributed by atoms with E-state index in [1.807, 2.05) is 30.3 Å². The molecule has 2 aromatic rings. The minimum absolute atomic E-state index is 0.0689. The molecule has 0 unspecified atom stereocenters. The normalized spacial score (nSPS) is 22.5. The highest BCUT2D eigenvalue weighted by atomic mass is 35.5. The first-order valence-electron chi connectivity index (χ1n) is 9.08. The van der Waals surface area contributed by atoms with Gasteiger partial charge in [0.05, 0.1) is 16.9 Å². The molecule has 0 saturated carbocycles. The molecule has 0 radical (unpaired) electrons. The third-order valence-electron chi connectivity index (χ3n) is 5.42. The monoisotopic (exact) mass is 386 g/mol. The fraction of sp³-hybridized carbons (Fsp3) is 0.333. The number of rotatable bonds is 5. The molecule has 0 aromatic heterocycles. The molecule has 0 N–H and O–H groups in total. The smallest absolute Gasteiger partial charge is 0.234 e. The number of fused-ring (bicyclic) bond motifs is 1. The van der Waals surface area contributed by atoms with Crippen LogP contribution in [0.15, 0.2) is 48.5 Å². The predicted molar refractivity (Wildman–Crippen MR) is 101 cm³/mol. The zero-order valence-corrected chi connectivity index (χ0v) is 15.5. The maximum Gasteiger partial charge on any atom is 0.234 e. The fourth-order valence-electron chi connectivity index (χ4n) is 4.03. The Hall–Kier alpha value is -2.24. The minimum atomic E-state index is -0.446. The van der Waals surface area contributed by atoms with Crippen molar-refractivity contribution in [3.8, 4) is 0 Å². The Morgan fingerprint density at radius 1 is 0.963 bits per heavy atom. The van der Waals surface area contributed by atoms with Crippen LogP contribution in [0.5, 0.6) is 0 Å². The summed E-state index contributed by atoms with van der Waals surface area (Å²) in [7, 11) is 0. The largest absolute Gasteiger partial charge is 0.297 e. The summed E-state index contributed by atoms with van der Waals surface area (Å²) in [5.74, 6) is -1.13. The molecule has 2 aliphatic heterocycles. The Morgan fingerprint density at radius 3 is 2.26 bits per heavy atom. The lowest BCUT2D eigenvalue weighted by Crippen LogP contribution is -2.37. The first kappa shape index (κ1) is 18.1. The van der Waals surface area contributed by atoms with Crippen LogP contribution in [0, 0.1) is 17.7 Å². The van der Waals surface area contributed by atoms with Gasteiger partial charge in [0.2, 0.25) is 11.8 Å². The van der Waals surface area contributed by atoms with E-state index in [1.54, 1.807) is 12.1 Å². The van der Waals surface area contributed by atoms with Crippen LogP contribution in [-0.4, -0.2) is 41.2 Å². The van der Waals surface area contributed by atoms with Crippen molar-refractivity contribution in [1.29, 1.82) is 0 Å². The van der Waals surface area contributed by atoms with Gasteiger partial charge in [0.15, 0.2) is 0 Å². The fourth-order valence-corrected chi connectivity index (χ4v) is 4.23. The van der Waals surface area contributed by atoms with Gasteiger partial charge in [-0.15, -0.1) is 0 Å². The lowest BCUT2D eigenvalue weighted by atomic mass is 10.00. The third-order valence-corrected chi connectivity index (χ3v) is 5.71.